The van der Waals surface area contributed by atoms with Gasteiger partial charge in [0.1, 0.15) is 12.1 Å². The molecular formula is C26H27N5OS. The number of likely N-dealkylation sites (N-methyl/N-ethyl adjacent to an activating group) is 1. The topological polar surface area (TPSA) is 70.2 Å². The van der Waals surface area contributed by atoms with Gasteiger partial charge in [-0.2, -0.15) is 0 Å². The molecule has 0 spiro atoms. The van der Waals surface area contributed by atoms with E-state index >= 15 is 0 Å². The van der Waals surface area contributed by atoms with Crippen LogP contribution in [-0.4, -0.2) is 47.3 Å². The summed E-state index contributed by atoms with van der Waals surface area (Å²) in [6.45, 7) is 4.23. The van der Waals surface area contributed by atoms with Gasteiger partial charge in [-0.3, -0.25) is 9.78 Å². The Hall–Kier alpha value is -3.42. The van der Waals surface area contributed by atoms with E-state index in [4.69, 9.17) is 0 Å². The van der Waals surface area contributed by atoms with Crippen LogP contribution in [0, 0.1) is 6.92 Å². The number of hydrogen-bond acceptors (Lipinski definition) is 7. The van der Waals surface area contributed by atoms with E-state index in [2.05, 4.69) is 44.1 Å². The van der Waals surface area contributed by atoms with Gasteiger partial charge in [0.2, 0.25) is 0 Å². The predicted molar refractivity (Wildman–Crippen MR) is 137 cm³/mol. The first-order valence-electron chi connectivity index (χ1n) is 10.8. The van der Waals surface area contributed by atoms with Gasteiger partial charge in [-0.25, -0.2) is 4.98 Å². The van der Waals surface area contributed by atoms with Gasteiger partial charge in [-0.05, 0) is 73.9 Å². The minimum Gasteiger partial charge on any atom is -0.365 e. The van der Waals surface area contributed by atoms with Crippen LogP contribution < -0.4 is 10.0 Å². The van der Waals surface area contributed by atoms with E-state index in [-0.39, 0.29) is 0 Å². The number of benzene rings is 2. The minimum absolute atomic E-state index is 0.588. The molecule has 2 aromatic heterocycles. The second kappa shape index (κ2) is 10.9. The van der Waals surface area contributed by atoms with Gasteiger partial charge >= 0.3 is 0 Å². The van der Waals surface area contributed by atoms with Crippen LogP contribution in [-0.2, 0) is 0 Å². The maximum Gasteiger partial charge on any atom is 0.150 e. The molecule has 0 unspecified atom stereocenters. The molecule has 0 saturated carbocycles. The lowest BCUT2D eigenvalue weighted by molar-refractivity contribution is 0.112. The normalized spacial score (nSPS) is 13.5. The summed E-state index contributed by atoms with van der Waals surface area (Å²) in [5, 5.41) is 4.48. The van der Waals surface area contributed by atoms with E-state index in [1.54, 1.807) is 6.20 Å². The standard InChI is InChI=1S/C17H14N2OS.C9H13N3/c1-12-10-13(11-20)7-8-15(12)19-21-16-6-2-4-14-5-3-9-18-17(14)16;1-12-6-8(7-12)11-9-4-2-3-5-10-9/h2-11,19H,1H3;2-5,8H,6-7H2,1H3,(H,10,11). The van der Waals surface area contributed by atoms with Crippen molar-refractivity contribution in [2.24, 2.45) is 0 Å². The number of pyridine rings is 2. The number of nitrogens with one attached hydrogen (secondary N) is 2. The van der Waals surface area contributed by atoms with E-state index in [1.807, 2.05) is 67.7 Å². The van der Waals surface area contributed by atoms with Crippen molar-refractivity contribution in [1.82, 2.24) is 14.9 Å². The summed E-state index contributed by atoms with van der Waals surface area (Å²) in [5.74, 6) is 0.982. The van der Waals surface area contributed by atoms with Gasteiger partial charge < -0.3 is 14.9 Å². The third-order valence-corrected chi connectivity index (χ3v) is 6.21. The highest BCUT2D eigenvalue weighted by molar-refractivity contribution is 8.00. The first kappa shape index (κ1) is 22.8. The van der Waals surface area contributed by atoms with E-state index < -0.39 is 0 Å². The van der Waals surface area contributed by atoms with Crippen LogP contribution in [0.1, 0.15) is 15.9 Å². The maximum atomic E-state index is 10.8. The quantitative estimate of drug-likeness (QED) is 0.301. The Morgan fingerprint density at radius 1 is 1.00 bits per heavy atom. The molecule has 1 aliphatic heterocycles. The van der Waals surface area contributed by atoms with Crippen molar-refractivity contribution in [3.8, 4) is 0 Å². The molecule has 0 radical (unpaired) electrons. The highest BCUT2D eigenvalue weighted by atomic mass is 32.2. The van der Waals surface area contributed by atoms with Crippen LogP contribution >= 0.6 is 11.9 Å². The number of carbonyl (C=O) groups excluding carboxylic acids is 1. The number of aromatic nitrogens is 2. The Morgan fingerprint density at radius 2 is 1.82 bits per heavy atom. The van der Waals surface area contributed by atoms with Crippen LogP contribution in [0.5, 0.6) is 0 Å². The number of carbonyl (C=O) groups is 1. The molecule has 1 saturated heterocycles. The Bertz CT molecular complexity index is 1210. The van der Waals surface area contributed by atoms with E-state index in [0.29, 0.717) is 11.6 Å². The van der Waals surface area contributed by atoms with E-state index in [9.17, 15) is 4.79 Å². The molecule has 0 atom stereocenters. The van der Waals surface area contributed by atoms with Crippen LogP contribution in [0.4, 0.5) is 11.5 Å². The zero-order valence-corrected chi connectivity index (χ0v) is 19.5. The summed E-state index contributed by atoms with van der Waals surface area (Å²) < 4.78 is 3.33. The fourth-order valence-electron chi connectivity index (χ4n) is 3.59. The van der Waals surface area contributed by atoms with Gasteiger partial charge in [0.15, 0.2) is 0 Å². The first-order valence-corrected chi connectivity index (χ1v) is 11.6. The molecule has 1 fully saturated rings. The molecule has 0 bridgehead atoms. The van der Waals surface area contributed by atoms with Gasteiger partial charge in [0, 0.05) is 42.1 Å². The number of nitrogens with zero attached hydrogens (tertiary/aromatic N) is 3. The molecule has 3 heterocycles. The zero-order valence-electron chi connectivity index (χ0n) is 18.7. The van der Waals surface area contributed by atoms with Crippen molar-refractivity contribution in [2.45, 2.75) is 17.9 Å². The van der Waals surface area contributed by atoms with Crippen LogP contribution in [0.25, 0.3) is 10.9 Å². The Balaban J connectivity index is 0.000000183. The summed E-state index contributed by atoms with van der Waals surface area (Å²) in [7, 11) is 2.12. The molecule has 6 nitrogen and oxygen atoms in total. The van der Waals surface area contributed by atoms with Crippen LogP contribution in [0.15, 0.2) is 84.0 Å². The number of anilines is 2. The van der Waals surface area contributed by atoms with Crippen molar-refractivity contribution >= 4 is 40.6 Å². The lowest BCUT2D eigenvalue weighted by Gasteiger charge is -2.36. The maximum absolute atomic E-state index is 10.8. The van der Waals surface area contributed by atoms with Crippen molar-refractivity contribution < 1.29 is 4.79 Å². The highest BCUT2D eigenvalue weighted by Crippen LogP contribution is 2.28. The SMILES string of the molecule is CN1CC(Nc2ccccn2)C1.Cc1cc(C=O)ccc1NSc1cccc2cccnc12. The van der Waals surface area contributed by atoms with Gasteiger partial charge in [-0.15, -0.1) is 0 Å². The predicted octanol–water partition coefficient (Wildman–Crippen LogP) is 5.28. The zero-order chi connectivity index (χ0) is 23.0. The van der Waals surface area contributed by atoms with Gasteiger partial charge in [0.05, 0.1) is 16.5 Å². The fraction of sp³-hybridized carbons (Fsp3) is 0.192. The Labute approximate surface area is 198 Å². The third kappa shape index (κ3) is 6.09. The average Bonchev–Trinajstić information content (AvgIpc) is 2.83. The summed E-state index contributed by atoms with van der Waals surface area (Å²) >= 11 is 1.53. The molecule has 7 heteroatoms. The second-order valence-electron chi connectivity index (χ2n) is 8.01. The molecule has 0 aliphatic carbocycles. The monoisotopic (exact) mass is 457 g/mol. The lowest BCUT2D eigenvalue weighted by Crippen LogP contribution is -2.52. The molecule has 1 aliphatic rings. The number of aryl methyl sites for hydroxylation is 1. The van der Waals surface area contributed by atoms with E-state index in [1.165, 1.54) is 11.9 Å². The van der Waals surface area contributed by atoms with Crippen molar-refractivity contribution in [1.29, 1.82) is 0 Å². The number of likely N-dealkylation sites (tertiary alicyclic amines) is 1. The molecular weight excluding hydrogens is 430 g/mol. The summed E-state index contributed by atoms with van der Waals surface area (Å²) in [5.41, 5.74) is 3.72. The number of hydrogen-bond donors (Lipinski definition) is 2. The average molecular weight is 458 g/mol. The second-order valence-corrected chi connectivity index (χ2v) is 8.85. The molecule has 0 amide bonds. The number of para-hydroxylation sites is 1. The molecule has 2 aromatic carbocycles. The van der Waals surface area contributed by atoms with Crippen molar-refractivity contribution in [2.75, 3.05) is 30.2 Å². The van der Waals surface area contributed by atoms with Gasteiger partial charge in [0.25, 0.3) is 0 Å². The molecule has 5 rings (SSSR count). The molecule has 4 aromatic rings. The molecule has 2 N–H and O–H groups in total. The van der Waals surface area contributed by atoms with E-state index in [0.717, 1.165) is 52.2 Å². The minimum atomic E-state index is 0.588. The highest BCUT2D eigenvalue weighted by Gasteiger charge is 2.22. The first-order chi connectivity index (χ1) is 16.1. The Kier molecular flexibility index (Phi) is 7.55. The van der Waals surface area contributed by atoms with Gasteiger partial charge in [-0.1, -0.05) is 24.3 Å². The van der Waals surface area contributed by atoms with Crippen molar-refractivity contribution in [3.63, 3.8) is 0 Å². The fourth-order valence-corrected chi connectivity index (χ4v) is 4.45. The molecule has 168 valence electrons. The summed E-state index contributed by atoms with van der Waals surface area (Å²) in [4.78, 5) is 22.7. The summed E-state index contributed by atoms with van der Waals surface area (Å²) in [6, 6.07) is 22.2. The third-order valence-electron chi connectivity index (χ3n) is 5.33. The van der Waals surface area contributed by atoms with Crippen LogP contribution in [0.3, 0.4) is 0 Å². The molecule has 33 heavy (non-hydrogen) atoms. The largest absolute Gasteiger partial charge is 0.365 e. The smallest absolute Gasteiger partial charge is 0.150 e. The Morgan fingerprint density at radius 3 is 2.55 bits per heavy atom. The number of rotatable bonds is 6. The number of aldehydes is 1. The summed E-state index contributed by atoms with van der Waals surface area (Å²) in [6.07, 6.45) is 4.47. The number of fused-ring (bicyclic) bond motifs is 1. The van der Waals surface area contributed by atoms with Crippen LogP contribution in [0.2, 0.25) is 0 Å². The van der Waals surface area contributed by atoms with Crippen molar-refractivity contribution in [3.05, 3.63) is 90.3 Å². The lowest BCUT2D eigenvalue weighted by atomic mass is 10.1.